The van der Waals surface area contributed by atoms with E-state index in [1.54, 1.807) is 0 Å². The van der Waals surface area contributed by atoms with E-state index < -0.39 is 0 Å². The average molecular weight is 231 g/mol. The molecule has 2 heteroatoms. The normalized spacial score (nSPS) is 61.5. The Labute approximate surface area is 82.0 Å². The van der Waals surface area contributed by atoms with Crippen molar-refractivity contribution in [2.24, 2.45) is 23.7 Å². The molecule has 2 bridgehead atoms. The zero-order valence-electron chi connectivity index (χ0n) is 7.37. The lowest BCUT2D eigenvalue weighted by Crippen LogP contribution is -2.35. The van der Waals surface area contributed by atoms with E-state index in [1.165, 1.54) is 19.3 Å². The molecule has 3 aliphatic rings. The number of methoxy groups -OCH3 is 1. The van der Waals surface area contributed by atoms with Gasteiger partial charge in [-0.1, -0.05) is 15.9 Å². The molecular weight excluding hydrogens is 216 g/mol. The SMILES string of the molecule is CO[C@@H]1[C@@H]2CC[C@@H]([C@@H]2Br)[C@@H]2C[C@@H]21. The van der Waals surface area contributed by atoms with Crippen LogP contribution in [0.1, 0.15) is 19.3 Å². The zero-order chi connectivity index (χ0) is 8.29. The summed E-state index contributed by atoms with van der Waals surface area (Å²) in [7, 11) is 1.89. The van der Waals surface area contributed by atoms with Crippen LogP contribution in [0.25, 0.3) is 0 Å². The van der Waals surface area contributed by atoms with Crippen LogP contribution in [-0.4, -0.2) is 18.0 Å². The number of ether oxygens (including phenoxy) is 1. The van der Waals surface area contributed by atoms with Crippen molar-refractivity contribution in [1.29, 1.82) is 0 Å². The zero-order valence-corrected chi connectivity index (χ0v) is 8.96. The maximum absolute atomic E-state index is 5.62. The summed E-state index contributed by atoms with van der Waals surface area (Å²) in [6, 6.07) is 0. The number of hydrogen-bond donors (Lipinski definition) is 0. The Hall–Kier alpha value is 0.440. The van der Waals surface area contributed by atoms with Gasteiger partial charge in [-0.2, -0.15) is 0 Å². The number of alkyl halides is 1. The van der Waals surface area contributed by atoms with Crippen LogP contribution >= 0.6 is 15.9 Å². The molecule has 0 aromatic rings. The molecule has 3 rings (SSSR count). The predicted octanol–water partition coefficient (Wildman–Crippen LogP) is 2.44. The van der Waals surface area contributed by atoms with Crippen LogP contribution in [0.15, 0.2) is 0 Å². The highest BCUT2D eigenvalue weighted by Gasteiger charge is 2.60. The first-order valence-corrected chi connectivity index (χ1v) is 5.91. The van der Waals surface area contributed by atoms with Crippen LogP contribution in [0.3, 0.4) is 0 Å². The lowest BCUT2D eigenvalue weighted by Gasteiger charge is -2.31. The highest BCUT2D eigenvalue weighted by atomic mass is 79.9. The van der Waals surface area contributed by atoms with Crippen LogP contribution in [0.5, 0.6) is 0 Å². The van der Waals surface area contributed by atoms with Gasteiger partial charge in [0.25, 0.3) is 0 Å². The van der Waals surface area contributed by atoms with Crippen LogP contribution in [0.2, 0.25) is 0 Å². The van der Waals surface area contributed by atoms with E-state index in [0.717, 1.165) is 28.5 Å². The third-order valence-electron chi connectivity index (χ3n) is 4.21. The first kappa shape index (κ1) is 7.81. The van der Waals surface area contributed by atoms with Crippen molar-refractivity contribution >= 4 is 15.9 Å². The number of hydrogen-bond acceptors (Lipinski definition) is 1. The molecule has 6 atom stereocenters. The standard InChI is InChI=1S/C10H15BrO/c1-12-10-6-3-2-5(9(6)11)7-4-8(7)10/h5-10H,2-4H2,1H3/t5-,6-,7+,8+,9+,10-/m1/s1. The van der Waals surface area contributed by atoms with Gasteiger partial charge in [-0.05, 0) is 42.9 Å². The van der Waals surface area contributed by atoms with Crippen LogP contribution in [0, 0.1) is 23.7 Å². The minimum absolute atomic E-state index is 0.582. The van der Waals surface area contributed by atoms with Gasteiger partial charge in [-0.25, -0.2) is 0 Å². The molecule has 0 spiro atoms. The monoisotopic (exact) mass is 230 g/mol. The largest absolute Gasteiger partial charge is 0.381 e. The summed E-state index contributed by atoms with van der Waals surface area (Å²) in [6.07, 6.45) is 4.87. The van der Waals surface area contributed by atoms with Gasteiger partial charge in [0.05, 0.1) is 6.10 Å². The smallest absolute Gasteiger partial charge is 0.0641 e. The Bertz CT molecular complexity index is 204. The molecule has 0 heterocycles. The molecule has 0 aromatic heterocycles. The molecule has 0 saturated heterocycles. The van der Waals surface area contributed by atoms with Crippen molar-refractivity contribution in [1.82, 2.24) is 0 Å². The third kappa shape index (κ3) is 0.832. The van der Waals surface area contributed by atoms with E-state index in [1.807, 2.05) is 7.11 Å². The number of rotatable bonds is 1. The fourth-order valence-corrected chi connectivity index (χ4v) is 4.81. The summed E-state index contributed by atoms with van der Waals surface area (Å²) in [5.41, 5.74) is 0. The average Bonchev–Trinajstić information content (AvgIpc) is 2.75. The molecule has 0 radical (unpaired) electrons. The molecule has 0 aliphatic heterocycles. The molecular formula is C10H15BrO. The molecule has 3 saturated carbocycles. The molecule has 0 aromatic carbocycles. The Morgan fingerprint density at radius 1 is 1.08 bits per heavy atom. The van der Waals surface area contributed by atoms with E-state index in [0.29, 0.717) is 6.10 Å². The minimum atomic E-state index is 0.582. The summed E-state index contributed by atoms with van der Waals surface area (Å²) >= 11 is 3.85. The van der Waals surface area contributed by atoms with Gasteiger partial charge >= 0.3 is 0 Å². The topological polar surface area (TPSA) is 9.23 Å². The molecule has 0 unspecified atom stereocenters. The van der Waals surface area contributed by atoms with E-state index in [4.69, 9.17) is 4.74 Å². The molecule has 0 N–H and O–H groups in total. The second-order valence-corrected chi connectivity index (χ2v) is 5.67. The molecule has 1 nitrogen and oxygen atoms in total. The maximum atomic E-state index is 5.62. The number of fused-ring (bicyclic) bond motifs is 4. The second-order valence-electron chi connectivity index (χ2n) is 4.61. The highest BCUT2D eigenvalue weighted by molar-refractivity contribution is 9.09. The highest BCUT2D eigenvalue weighted by Crippen LogP contribution is 2.63. The van der Waals surface area contributed by atoms with Gasteiger partial charge in [0.2, 0.25) is 0 Å². The van der Waals surface area contributed by atoms with E-state index >= 15 is 0 Å². The predicted molar refractivity (Wildman–Crippen MR) is 51.3 cm³/mol. The minimum Gasteiger partial charge on any atom is -0.381 e. The quantitative estimate of drug-likeness (QED) is 0.630. The van der Waals surface area contributed by atoms with Gasteiger partial charge in [0.1, 0.15) is 0 Å². The summed E-state index contributed by atoms with van der Waals surface area (Å²) in [5.74, 6) is 3.76. The number of halogens is 1. The summed E-state index contributed by atoms with van der Waals surface area (Å²) in [5, 5.41) is 0. The van der Waals surface area contributed by atoms with Crippen LogP contribution in [0.4, 0.5) is 0 Å². The molecule has 12 heavy (non-hydrogen) atoms. The molecule has 3 aliphatic carbocycles. The Balaban J connectivity index is 1.89. The fraction of sp³-hybridized carbons (Fsp3) is 1.00. The van der Waals surface area contributed by atoms with E-state index in [2.05, 4.69) is 15.9 Å². The first-order valence-electron chi connectivity index (χ1n) is 5.00. The van der Waals surface area contributed by atoms with Gasteiger partial charge in [0.15, 0.2) is 0 Å². The van der Waals surface area contributed by atoms with Gasteiger partial charge in [0, 0.05) is 11.9 Å². The lowest BCUT2D eigenvalue weighted by atomic mass is 9.87. The van der Waals surface area contributed by atoms with Crippen molar-refractivity contribution in [2.45, 2.75) is 30.2 Å². The van der Waals surface area contributed by atoms with Crippen molar-refractivity contribution in [2.75, 3.05) is 7.11 Å². The molecule has 68 valence electrons. The van der Waals surface area contributed by atoms with Crippen molar-refractivity contribution in [3.8, 4) is 0 Å². The van der Waals surface area contributed by atoms with Crippen LogP contribution < -0.4 is 0 Å². The second kappa shape index (κ2) is 2.48. The van der Waals surface area contributed by atoms with Gasteiger partial charge < -0.3 is 4.74 Å². The van der Waals surface area contributed by atoms with Crippen molar-refractivity contribution in [3.05, 3.63) is 0 Å². The maximum Gasteiger partial charge on any atom is 0.0641 e. The Kier molecular flexibility index (Phi) is 1.61. The fourth-order valence-electron chi connectivity index (χ4n) is 3.59. The van der Waals surface area contributed by atoms with Crippen molar-refractivity contribution in [3.63, 3.8) is 0 Å². The van der Waals surface area contributed by atoms with E-state index in [-0.39, 0.29) is 0 Å². The third-order valence-corrected chi connectivity index (χ3v) is 5.57. The Morgan fingerprint density at radius 3 is 2.58 bits per heavy atom. The lowest BCUT2D eigenvalue weighted by molar-refractivity contribution is 0.0221. The first-order chi connectivity index (χ1) is 5.83. The van der Waals surface area contributed by atoms with Crippen LogP contribution in [-0.2, 0) is 4.74 Å². The summed E-state index contributed by atoms with van der Waals surface area (Å²) < 4.78 is 5.62. The van der Waals surface area contributed by atoms with E-state index in [9.17, 15) is 0 Å². The van der Waals surface area contributed by atoms with Crippen molar-refractivity contribution < 1.29 is 4.74 Å². The summed E-state index contributed by atoms with van der Waals surface area (Å²) in [4.78, 5) is 0.770. The molecule has 0 amide bonds. The summed E-state index contributed by atoms with van der Waals surface area (Å²) in [6.45, 7) is 0. The van der Waals surface area contributed by atoms with Gasteiger partial charge in [-0.15, -0.1) is 0 Å². The molecule has 3 fully saturated rings. The van der Waals surface area contributed by atoms with Gasteiger partial charge in [-0.3, -0.25) is 0 Å². The Morgan fingerprint density at radius 2 is 1.83 bits per heavy atom.